The number of carbonyl (C=O) groups excluding carboxylic acids is 2. The summed E-state index contributed by atoms with van der Waals surface area (Å²) in [4.78, 5) is 31.5. The van der Waals surface area contributed by atoms with Gasteiger partial charge in [-0.15, -0.1) is 0 Å². The van der Waals surface area contributed by atoms with E-state index in [-0.39, 0.29) is 23.7 Å². The van der Waals surface area contributed by atoms with Crippen molar-refractivity contribution >= 4 is 11.8 Å². The minimum Gasteiger partial charge on any atom is -0.378 e. The predicted octanol–water partition coefficient (Wildman–Crippen LogP) is 0.0803. The molecule has 0 radical (unpaired) electrons. The van der Waals surface area contributed by atoms with E-state index in [0.29, 0.717) is 70.5 Å². The standard InChI is InChI=1S/C19H29N5O4/c25-17(21-5-4-16-22-18(28-23-16)13-2-1-3-13)14-10-15(12-20-11-14)19(26)24-6-8-27-9-7-24/h13-15,20H,1-12H2,(H,21,25)/t14-,15+/m0/s1. The van der Waals surface area contributed by atoms with E-state index in [1.165, 1.54) is 6.42 Å². The highest BCUT2D eigenvalue weighted by Gasteiger charge is 2.33. The lowest BCUT2D eigenvalue weighted by Crippen LogP contribution is -2.51. The number of hydrogen-bond donors (Lipinski definition) is 2. The quantitative estimate of drug-likeness (QED) is 0.707. The highest BCUT2D eigenvalue weighted by Crippen LogP contribution is 2.35. The van der Waals surface area contributed by atoms with Crippen molar-refractivity contribution in [1.29, 1.82) is 0 Å². The van der Waals surface area contributed by atoms with E-state index in [2.05, 4.69) is 20.8 Å². The Morgan fingerprint density at radius 1 is 1.18 bits per heavy atom. The normalized spacial score (nSPS) is 25.9. The number of amides is 2. The van der Waals surface area contributed by atoms with Gasteiger partial charge in [0.15, 0.2) is 5.82 Å². The molecule has 9 heteroatoms. The SMILES string of the molecule is O=C(NCCc1noc(C2CCC2)n1)[C@@H]1CNC[C@H](C(=O)N2CCOCC2)C1. The first-order chi connectivity index (χ1) is 13.7. The number of rotatable bonds is 6. The fraction of sp³-hybridized carbons (Fsp3) is 0.789. The Bertz CT molecular complexity index is 684. The smallest absolute Gasteiger partial charge is 0.229 e. The zero-order valence-corrected chi connectivity index (χ0v) is 16.2. The molecular formula is C19H29N5O4. The van der Waals surface area contributed by atoms with Crippen LogP contribution in [0, 0.1) is 11.8 Å². The molecule has 1 aromatic heterocycles. The van der Waals surface area contributed by atoms with Gasteiger partial charge in [0.1, 0.15) is 0 Å². The van der Waals surface area contributed by atoms with Crippen LogP contribution in [0.1, 0.15) is 43.3 Å². The highest BCUT2D eigenvalue weighted by atomic mass is 16.5. The monoisotopic (exact) mass is 391 g/mol. The molecule has 2 saturated heterocycles. The van der Waals surface area contributed by atoms with Crippen LogP contribution in [0.5, 0.6) is 0 Å². The van der Waals surface area contributed by atoms with E-state index < -0.39 is 0 Å². The molecule has 0 unspecified atom stereocenters. The Hall–Kier alpha value is -2.00. The first kappa shape index (κ1) is 19.3. The third-order valence-corrected chi connectivity index (χ3v) is 5.98. The van der Waals surface area contributed by atoms with Crippen molar-refractivity contribution in [2.24, 2.45) is 11.8 Å². The van der Waals surface area contributed by atoms with Gasteiger partial charge in [-0.3, -0.25) is 9.59 Å². The second-order valence-electron chi connectivity index (χ2n) is 7.94. The van der Waals surface area contributed by atoms with Gasteiger partial charge in [0, 0.05) is 45.1 Å². The van der Waals surface area contributed by atoms with Crippen molar-refractivity contribution in [3.63, 3.8) is 0 Å². The number of morpholine rings is 1. The lowest BCUT2D eigenvalue weighted by molar-refractivity contribution is -0.141. The van der Waals surface area contributed by atoms with Crippen LogP contribution in [0.15, 0.2) is 4.52 Å². The molecule has 2 amide bonds. The largest absolute Gasteiger partial charge is 0.378 e. The van der Waals surface area contributed by atoms with Gasteiger partial charge in [0.2, 0.25) is 17.7 Å². The topological polar surface area (TPSA) is 110 Å². The molecule has 0 aromatic carbocycles. The molecule has 3 aliphatic rings. The Labute approximate surface area is 164 Å². The van der Waals surface area contributed by atoms with E-state index in [0.717, 1.165) is 18.7 Å². The van der Waals surface area contributed by atoms with E-state index >= 15 is 0 Å². The van der Waals surface area contributed by atoms with Crippen LogP contribution >= 0.6 is 0 Å². The summed E-state index contributed by atoms with van der Waals surface area (Å²) in [6, 6.07) is 0. The molecule has 1 aliphatic carbocycles. The van der Waals surface area contributed by atoms with Crippen LogP contribution in [-0.4, -0.2) is 72.8 Å². The maximum absolute atomic E-state index is 12.7. The van der Waals surface area contributed by atoms with E-state index in [1.807, 2.05) is 4.90 Å². The van der Waals surface area contributed by atoms with Gasteiger partial charge >= 0.3 is 0 Å². The molecule has 0 bridgehead atoms. The van der Waals surface area contributed by atoms with Crippen molar-refractivity contribution in [2.45, 2.75) is 38.0 Å². The second-order valence-corrected chi connectivity index (χ2v) is 7.94. The summed E-state index contributed by atoms with van der Waals surface area (Å²) in [7, 11) is 0. The maximum Gasteiger partial charge on any atom is 0.229 e. The van der Waals surface area contributed by atoms with Crippen LogP contribution < -0.4 is 10.6 Å². The molecule has 1 saturated carbocycles. The average molecular weight is 391 g/mol. The summed E-state index contributed by atoms with van der Waals surface area (Å²) in [6.07, 6.45) is 4.61. The Kier molecular flexibility index (Phi) is 6.21. The van der Waals surface area contributed by atoms with Crippen LogP contribution in [0.4, 0.5) is 0 Å². The first-order valence-electron chi connectivity index (χ1n) is 10.4. The van der Waals surface area contributed by atoms with Crippen molar-refractivity contribution < 1.29 is 18.8 Å². The predicted molar refractivity (Wildman–Crippen MR) is 99.5 cm³/mol. The third-order valence-electron chi connectivity index (χ3n) is 5.98. The number of piperidine rings is 1. The Balaban J connectivity index is 1.21. The molecule has 3 heterocycles. The molecule has 3 fully saturated rings. The van der Waals surface area contributed by atoms with Crippen LogP contribution in [0.3, 0.4) is 0 Å². The van der Waals surface area contributed by atoms with Crippen molar-refractivity contribution in [3.05, 3.63) is 11.7 Å². The van der Waals surface area contributed by atoms with Gasteiger partial charge in [-0.1, -0.05) is 11.6 Å². The van der Waals surface area contributed by atoms with E-state index in [9.17, 15) is 9.59 Å². The van der Waals surface area contributed by atoms with Gasteiger partial charge < -0.3 is 24.8 Å². The molecule has 2 N–H and O–H groups in total. The summed E-state index contributed by atoms with van der Waals surface area (Å²) in [5, 5.41) is 10.2. The van der Waals surface area contributed by atoms with Crippen LogP contribution in [0.25, 0.3) is 0 Å². The summed E-state index contributed by atoms with van der Waals surface area (Å²) < 4.78 is 10.6. The lowest BCUT2D eigenvalue weighted by atomic mass is 9.85. The summed E-state index contributed by atoms with van der Waals surface area (Å²) in [6.45, 7) is 4.17. The molecule has 9 nitrogen and oxygen atoms in total. The van der Waals surface area contributed by atoms with Crippen molar-refractivity contribution in [1.82, 2.24) is 25.7 Å². The van der Waals surface area contributed by atoms with Gasteiger partial charge in [0.25, 0.3) is 0 Å². The average Bonchev–Trinajstić information content (AvgIpc) is 3.15. The highest BCUT2D eigenvalue weighted by molar-refractivity contribution is 5.83. The molecule has 154 valence electrons. The minimum absolute atomic E-state index is 0.0188. The molecule has 28 heavy (non-hydrogen) atoms. The molecule has 1 aromatic rings. The number of nitrogens with one attached hydrogen (secondary N) is 2. The lowest BCUT2D eigenvalue weighted by Gasteiger charge is -2.34. The van der Waals surface area contributed by atoms with Gasteiger partial charge in [-0.05, 0) is 19.3 Å². The summed E-state index contributed by atoms with van der Waals surface area (Å²) >= 11 is 0. The maximum atomic E-state index is 12.7. The summed E-state index contributed by atoms with van der Waals surface area (Å²) in [5.74, 6) is 1.56. The molecule has 4 rings (SSSR count). The van der Waals surface area contributed by atoms with Crippen molar-refractivity contribution in [3.8, 4) is 0 Å². The molecule has 2 aliphatic heterocycles. The molecule has 0 spiro atoms. The zero-order valence-electron chi connectivity index (χ0n) is 16.2. The van der Waals surface area contributed by atoms with Crippen LogP contribution in [0.2, 0.25) is 0 Å². The number of carbonyl (C=O) groups is 2. The minimum atomic E-state index is -0.195. The number of nitrogens with zero attached hydrogens (tertiary/aromatic N) is 3. The fourth-order valence-electron chi connectivity index (χ4n) is 4.00. The summed E-state index contributed by atoms with van der Waals surface area (Å²) in [5.41, 5.74) is 0. The number of aromatic nitrogens is 2. The Morgan fingerprint density at radius 3 is 2.71 bits per heavy atom. The zero-order chi connectivity index (χ0) is 19.3. The van der Waals surface area contributed by atoms with Gasteiger partial charge in [-0.25, -0.2) is 0 Å². The molecular weight excluding hydrogens is 362 g/mol. The molecule has 2 atom stereocenters. The fourth-order valence-corrected chi connectivity index (χ4v) is 4.00. The van der Waals surface area contributed by atoms with Crippen molar-refractivity contribution in [2.75, 3.05) is 45.9 Å². The van der Waals surface area contributed by atoms with Gasteiger partial charge in [0.05, 0.1) is 25.0 Å². The first-order valence-corrected chi connectivity index (χ1v) is 10.4. The number of ether oxygens (including phenoxy) is 1. The van der Waals surface area contributed by atoms with E-state index in [4.69, 9.17) is 9.26 Å². The second kappa shape index (κ2) is 9.00. The third kappa shape index (κ3) is 4.52. The van der Waals surface area contributed by atoms with Gasteiger partial charge in [-0.2, -0.15) is 4.98 Å². The Morgan fingerprint density at radius 2 is 1.96 bits per heavy atom. The van der Waals surface area contributed by atoms with Crippen LogP contribution in [-0.2, 0) is 20.7 Å². The number of hydrogen-bond acceptors (Lipinski definition) is 7. The van der Waals surface area contributed by atoms with E-state index in [1.54, 1.807) is 0 Å².